The molecule has 1 fully saturated rings. The molecule has 0 bridgehead atoms. The van der Waals surface area contributed by atoms with E-state index in [0.717, 1.165) is 21.5 Å². The van der Waals surface area contributed by atoms with Crippen molar-refractivity contribution in [3.63, 3.8) is 0 Å². The number of hydrogen-bond donors (Lipinski definition) is 1. The number of benzene rings is 2. The molecule has 1 aliphatic rings. The van der Waals surface area contributed by atoms with Crippen LogP contribution in [0.4, 0.5) is 0 Å². The van der Waals surface area contributed by atoms with Gasteiger partial charge in [0.05, 0.1) is 5.02 Å². The van der Waals surface area contributed by atoms with E-state index in [2.05, 4.69) is 40.2 Å². The number of rotatable bonds is 3. The van der Waals surface area contributed by atoms with Crippen LogP contribution in [0.3, 0.4) is 0 Å². The van der Waals surface area contributed by atoms with Crippen LogP contribution < -0.4 is 5.73 Å². The Hall–Kier alpha value is -0.830. The third-order valence-electron chi connectivity index (χ3n) is 3.87. The molecule has 1 aliphatic carbocycles. The summed E-state index contributed by atoms with van der Waals surface area (Å²) in [6, 6.07) is 16.6. The van der Waals surface area contributed by atoms with E-state index in [1.54, 1.807) is 0 Å². The molecule has 3 heteroatoms. The van der Waals surface area contributed by atoms with Gasteiger partial charge in [-0.1, -0.05) is 54.1 Å². The molecular formula is C16H15BrClN. The molecule has 2 aromatic carbocycles. The van der Waals surface area contributed by atoms with Gasteiger partial charge in [0.1, 0.15) is 0 Å². The Bertz CT molecular complexity index is 585. The fourth-order valence-electron chi connectivity index (χ4n) is 2.70. The van der Waals surface area contributed by atoms with Gasteiger partial charge in [-0.15, -0.1) is 0 Å². The summed E-state index contributed by atoms with van der Waals surface area (Å²) in [5, 5.41) is 0.744. The van der Waals surface area contributed by atoms with Gasteiger partial charge in [-0.05, 0) is 51.4 Å². The minimum atomic E-state index is 0.00945. The molecule has 19 heavy (non-hydrogen) atoms. The Kier molecular flexibility index (Phi) is 3.66. The standard InChI is InChI=1S/C16H15BrClN/c17-14-8-4-7-11(15(14)18)16(19)13-9-12(13)10-5-2-1-3-6-10/h1-8,12-13,16H,9,19H2. The second-order valence-corrected chi connectivity index (χ2v) is 6.32. The summed E-state index contributed by atoms with van der Waals surface area (Å²) in [5.74, 6) is 1.07. The second kappa shape index (κ2) is 5.28. The normalized spacial score (nSPS) is 23.1. The molecule has 3 atom stereocenters. The largest absolute Gasteiger partial charge is 0.324 e. The predicted octanol–water partition coefficient (Wildman–Crippen LogP) is 4.91. The smallest absolute Gasteiger partial charge is 0.0595 e. The predicted molar refractivity (Wildman–Crippen MR) is 83.4 cm³/mol. The molecule has 1 saturated carbocycles. The maximum atomic E-state index is 6.39. The first kappa shape index (κ1) is 13.2. The maximum Gasteiger partial charge on any atom is 0.0595 e. The van der Waals surface area contributed by atoms with Crippen LogP contribution in [-0.2, 0) is 0 Å². The lowest BCUT2D eigenvalue weighted by atomic mass is 9.99. The van der Waals surface area contributed by atoms with Crippen LogP contribution in [0.25, 0.3) is 0 Å². The minimum Gasteiger partial charge on any atom is -0.324 e. The van der Waals surface area contributed by atoms with Gasteiger partial charge in [0.2, 0.25) is 0 Å². The lowest BCUT2D eigenvalue weighted by molar-refractivity contribution is 0.615. The summed E-state index contributed by atoms with van der Waals surface area (Å²) in [7, 11) is 0. The molecule has 2 N–H and O–H groups in total. The Labute approximate surface area is 126 Å². The van der Waals surface area contributed by atoms with Crippen LogP contribution in [0.15, 0.2) is 53.0 Å². The highest BCUT2D eigenvalue weighted by Crippen LogP contribution is 2.54. The van der Waals surface area contributed by atoms with Crippen molar-refractivity contribution >= 4 is 27.5 Å². The van der Waals surface area contributed by atoms with E-state index in [4.69, 9.17) is 17.3 Å². The molecule has 0 aliphatic heterocycles. The zero-order chi connectivity index (χ0) is 13.4. The third-order valence-corrected chi connectivity index (χ3v) is 5.18. The zero-order valence-corrected chi connectivity index (χ0v) is 12.7. The average Bonchev–Trinajstić information content (AvgIpc) is 3.22. The van der Waals surface area contributed by atoms with Crippen molar-refractivity contribution in [1.82, 2.24) is 0 Å². The summed E-state index contributed by atoms with van der Waals surface area (Å²) in [6.45, 7) is 0. The van der Waals surface area contributed by atoms with Crippen molar-refractivity contribution < 1.29 is 0 Å². The fourth-order valence-corrected chi connectivity index (χ4v) is 3.34. The monoisotopic (exact) mass is 335 g/mol. The van der Waals surface area contributed by atoms with E-state index in [1.165, 1.54) is 5.56 Å². The van der Waals surface area contributed by atoms with Gasteiger partial charge >= 0.3 is 0 Å². The van der Waals surface area contributed by atoms with E-state index in [9.17, 15) is 0 Å². The Morgan fingerprint density at radius 1 is 1.11 bits per heavy atom. The Balaban J connectivity index is 1.80. The molecule has 3 unspecified atom stereocenters. The molecule has 0 radical (unpaired) electrons. The van der Waals surface area contributed by atoms with Crippen LogP contribution in [0.1, 0.15) is 29.5 Å². The summed E-state index contributed by atoms with van der Waals surface area (Å²) >= 11 is 9.78. The van der Waals surface area contributed by atoms with Crippen molar-refractivity contribution in [2.24, 2.45) is 11.7 Å². The average molecular weight is 337 g/mol. The third kappa shape index (κ3) is 2.58. The molecule has 0 aromatic heterocycles. The zero-order valence-electron chi connectivity index (χ0n) is 10.4. The van der Waals surface area contributed by atoms with Crippen LogP contribution >= 0.6 is 27.5 Å². The summed E-state index contributed by atoms with van der Waals surface area (Å²) in [4.78, 5) is 0. The van der Waals surface area contributed by atoms with Gasteiger partial charge in [0, 0.05) is 10.5 Å². The quantitative estimate of drug-likeness (QED) is 0.847. The van der Waals surface area contributed by atoms with Gasteiger partial charge in [-0.2, -0.15) is 0 Å². The van der Waals surface area contributed by atoms with Gasteiger partial charge in [0.15, 0.2) is 0 Å². The van der Waals surface area contributed by atoms with E-state index in [1.807, 2.05) is 24.3 Å². The SMILES string of the molecule is NC(c1cccc(Br)c1Cl)C1CC1c1ccccc1. The molecule has 98 valence electrons. The van der Waals surface area contributed by atoms with Crippen molar-refractivity contribution in [2.45, 2.75) is 18.4 Å². The van der Waals surface area contributed by atoms with Crippen molar-refractivity contribution in [3.8, 4) is 0 Å². The van der Waals surface area contributed by atoms with Crippen molar-refractivity contribution in [3.05, 3.63) is 69.2 Å². The summed E-state index contributed by atoms with van der Waals surface area (Å²) < 4.78 is 0.916. The van der Waals surface area contributed by atoms with E-state index < -0.39 is 0 Å². The van der Waals surface area contributed by atoms with Gasteiger partial charge in [0.25, 0.3) is 0 Å². The van der Waals surface area contributed by atoms with Gasteiger partial charge in [-0.25, -0.2) is 0 Å². The molecule has 1 nitrogen and oxygen atoms in total. The molecular weight excluding hydrogens is 322 g/mol. The minimum absolute atomic E-state index is 0.00945. The first-order chi connectivity index (χ1) is 9.18. The Morgan fingerprint density at radius 3 is 2.58 bits per heavy atom. The lowest BCUT2D eigenvalue weighted by Crippen LogP contribution is -2.14. The Morgan fingerprint density at radius 2 is 1.84 bits per heavy atom. The molecule has 0 amide bonds. The molecule has 2 aromatic rings. The molecule has 0 spiro atoms. The van der Waals surface area contributed by atoms with Crippen LogP contribution in [0.2, 0.25) is 5.02 Å². The first-order valence-corrected chi connectivity index (χ1v) is 7.60. The molecule has 0 saturated heterocycles. The fraction of sp³-hybridized carbons (Fsp3) is 0.250. The first-order valence-electron chi connectivity index (χ1n) is 6.43. The van der Waals surface area contributed by atoms with Crippen molar-refractivity contribution in [1.29, 1.82) is 0 Å². The van der Waals surface area contributed by atoms with E-state index in [0.29, 0.717) is 11.8 Å². The summed E-state index contributed by atoms with van der Waals surface area (Å²) in [5.41, 5.74) is 8.82. The van der Waals surface area contributed by atoms with E-state index >= 15 is 0 Å². The maximum absolute atomic E-state index is 6.39. The summed E-state index contributed by atoms with van der Waals surface area (Å²) in [6.07, 6.45) is 1.15. The number of nitrogens with two attached hydrogens (primary N) is 1. The van der Waals surface area contributed by atoms with Crippen LogP contribution in [-0.4, -0.2) is 0 Å². The highest BCUT2D eigenvalue weighted by molar-refractivity contribution is 9.10. The van der Waals surface area contributed by atoms with Gasteiger partial charge in [-0.3, -0.25) is 0 Å². The van der Waals surface area contributed by atoms with Crippen LogP contribution in [0, 0.1) is 5.92 Å². The van der Waals surface area contributed by atoms with Crippen LogP contribution in [0.5, 0.6) is 0 Å². The second-order valence-electron chi connectivity index (χ2n) is 5.09. The van der Waals surface area contributed by atoms with E-state index in [-0.39, 0.29) is 6.04 Å². The van der Waals surface area contributed by atoms with Gasteiger partial charge < -0.3 is 5.73 Å². The lowest BCUT2D eigenvalue weighted by Gasteiger charge is -2.14. The molecule has 0 heterocycles. The number of halogens is 2. The molecule has 3 rings (SSSR count). The van der Waals surface area contributed by atoms with Crippen molar-refractivity contribution in [2.75, 3.05) is 0 Å². The highest BCUT2D eigenvalue weighted by atomic mass is 79.9. The number of hydrogen-bond acceptors (Lipinski definition) is 1. The highest BCUT2D eigenvalue weighted by Gasteiger charge is 2.43. The topological polar surface area (TPSA) is 26.0 Å².